The van der Waals surface area contributed by atoms with E-state index in [1.807, 2.05) is 11.3 Å². The Morgan fingerprint density at radius 3 is 2.76 bits per heavy atom. The maximum absolute atomic E-state index is 5.79. The van der Waals surface area contributed by atoms with Gasteiger partial charge in [-0.3, -0.25) is 0 Å². The lowest BCUT2D eigenvalue weighted by Gasteiger charge is -2.34. The number of halogens is 1. The van der Waals surface area contributed by atoms with E-state index in [0.717, 1.165) is 19.0 Å². The van der Waals surface area contributed by atoms with E-state index >= 15 is 0 Å². The summed E-state index contributed by atoms with van der Waals surface area (Å²) in [5.74, 6) is 0.802. The number of rotatable bonds is 5. The second kappa shape index (κ2) is 5.39. The molecule has 4 heteroatoms. The van der Waals surface area contributed by atoms with Crippen LogP contribution in [0.1, 0.15) is 31.6 Å². The summed E-state index contributed by atoms with van der Waals surface area (Å²) >= 11 is 5.35. The third-order valence-corrected chi connectivity index (χ3v) is 5.56. The fraction of sp³-hybridized carbons (Fsp3) is 0.692. The highest BCUT2D eigenvalue weighted by molar-refractivity contribution is 9.10. The van der Waals surface area contributed by atoms with Crippen LogP contribution in [0.3, 0.4) is 0 Å². The van der Waals surface area contributed by atoms with E-state index in [1.165, 1.54) is 22.2 Å². The van der Waals surface area contributed by atoms with Crippen LogP contribution in [-0.2, 0) is 5.41 Å². The second-order valence-corrected chi connectivity index (χ2v) is 7.57. The fourth-order valence-corrected chi connectivity index (χ4v) is 3.85. The molecule has 1 heterocycles. The minimum Gasteiger partial charge on any atom is -0.328 e. The molecule has 0 spiro atoms. The number of hydrogen-bond acceptors (Lipinski definition) is 3. The molecule has 17 heavy (non-hydrogen) atoms. The molecule has 1 aromatic heterocycles. The molecule has 2 rings (SSSR count). The van der Waals surface area contributed by atoms with Crippen molar-refractivity contribution in [2.75, 3.05) is 13.1 Å². The summed E-state index contributed by atoms with van der Waals surface area (Å²) < 4.78 is 1.19. The molecule has 1 aliphatic rings. The van der Waals surface area contributed by atoms with Crippen LogP contribution in [0.15, 0.2) is 15.9 Å². The van der Waals surface area contributed by atoms with Crippen LogP contribution < -0.4 is 11.1 Å². The number of nitrogens with one attached hydrogen (secondary N) is 1. The van der Waals surface area contributed by atoms with Crippen LogP contribution in [0.2, 0.25) is 0 Å². The van der Waals surface area contributed by atoms with E-state index in [9.17, 15) is 0 Å². The molecule has 0 aliphatic heterocycles. The zero-order valence-corrected chi connectivity index (χ0v) is 12.9. The van der Waals surface area contributed by atoms with Gasteiger partial charge in [0.2, 0.25) is 0 Å². The largest absolute Gasteiger partial charge is 0.328 e. The summed E-state index contributed by atoms with van der Waals surface area (Å²) in [7, 11) is 0. The third kappa shape index (κ3) is 3.53. The molecule has 0 amide bonds. The highest BCUT2D eigenvalue weighted by atomic mass is 79.9. The smallest absolute Gasteiger partial charge is 0.0285 e. The van der Waals surface area contributed by atoms with Crippen molar-refractivity contribution in [3.8, 4) is 0 Å². The predicted molar refractivity (Wildman–Crippen MR) is 78.6 cm³/mol. The second-order valence-electron chi connectivity index (χ2n) is 5.74. The van der Waals surface area contributed by atoms with Crippen molar-refractivity contribution in [3.63, 3.8) is 0 Å². The summed E-state index contributed by atoms with van der Waals surface area (Å²) in [5, 5.41) is 5.75. The molecule has 3 N–H and O–H groups in total. The summed E-state index contributed by atoms with van der Waals surface area (Å²) in [6.07, 6.45) is 2.38. The van der Waals surface area contributed by atoms with Crippen LogP contribution in [0.5, 0.6) is 0 Å². The van der Waals surface area contributed by atoms with Gasteiger partial charge in [-0.25, -0.2) is 0 Å². The average molecular weight is 317 g/mol. The highest BCUT2D eigenvalue weighted by Crippen LogP contribution is 2.31. The van der Waals surface area contributed by atoms with Crippen LogP contribution in [-0.4, -0.2) is 19.1 Å². The lowest BCUT2D eigenvalue weighted by Crippen LogP contribution is -2.43. The molecule has 0 saturated heterocycles. The standard InChI is InChI=1S/C13H21BrN2S/c1-13(2,12-5-10(14)7-17-12)8-16-6-9-3-11(15)4-9/h5,7,9,11,16H,3-4,6,8,15H2,1-2H3. The van der Waals surface area contributed by atoms with Gasteiger partial charge in [0.1, 0.15) is 0 Å². The first-order valence-corrected chi connectivity index (χ1v) is 7.85. The van der Waals surface area contributed by atoms with E-state index in [-0.39, 0.29) is 5.41 Å². The maximum atomic E-state index is 5.79. The minimum absolute atomic E-state index is 0.211. The van der Waals surface area contributed by atoms with Gasteiger partial charge in [-0.2, -0.15) is 0 Å². The van der Waals surface area contributed by atoms with Crippen molar-refractivity contribution < 1.29 is 0 Å². The fourth-order valence-electron chi connectivity index (χ4n) is 2.30. The Balaban J connectivity index is 1.77. The zero-order valence-electron chi connectivity index (χ0n) is 10.5. The summed E-state index contributed by atoms with van der Waals surface area (Å²) in [6.45, 7) is 6.74. The Kier molecular flexibility index (Phi) is 4.29. The van der Waals surface area contributed by atoms with Crippen molar-refractivity contribution in [1.82, 2.24) is 5.32 Å². The van der Waals surface area contributed by atoms with Crippen molar-refractivity contribution in [1.29, 1.82) is 0 Å². The molecule has 1 aromatic rings. The van der Waals surface area contributed by atoms with Gasteiger partial charge in [0, 0.05) is 32.7 Å². The van der Waals surface area contributed by atoms with Gasteiger partial charge >= 0.3 is 0 Å². The van der Waals surface area contributed by atoms with Gasteiger partial charge in [0.25, 0.3) is 0 Å². The zero-order chi connectivity index (χ0) is 12.5. The predicted octanol–water partition coefficient (Wildman–Crippen LogP) is 3.12. The van der Waals surface area contributed by atoms with E-state index in [2.05, 4.69) is 46.5 Å². The summed E-state index contributed by atoms with van der Waals surface area (Å²) in [5.41, 5.74) is 6.00. The van der Waals surface area contributed by atoms with Gasteiger partial charge in [-0.1, -0.05) is 13.8 Å². The number of nitrogens with two attached hydrogens (primary N) is 1. The molecule has 1 fully saturated rings. The van der Waals surface area contributed by atoms with Crippen LogP contribution in [0, 0.1) is 5.92 Å². The molecule has 2 nitrogen and oxygen atoms in total. The molecule has 96 valence electrons. The average Bonchev–Trinajstić information content (AvgIpc) is 2.62. The normalized spacial score (nSPS) is 24.7. The lowest BCUT2D eigenvalue weighted by molar-refractivity contribution is 0.251. The van der Waals surface area contributed by atoms with E-state index in [0.29, 0.717) is 6.04 Å². The Hall–Kier alpha value is 0.1000. The van der Waals surface area contributed by atoms with E-state index < -0.39 is 0 Å². The Morgan fingerprint density at radius 2 is 2.24 bits per heavy atom. The quantitative estimate of drug-likeness (QED) is 0.876. The Bertz CT molecular complexity index is 369. The molecular formula is C13H21BrN2S. The Labute approximate surface area is 116 Å². The molecule has 0 radical (unpaired) electrons. The van der Waals surface area contributed by atoms with Crippen molar-refractivity contribution in [2.24, 2.45) is 11.7 Å². The molecule has 0 unspecified atom stereocenters. The molecule has 0 aromatic carbocycles. The van der Waals surface area contributed by atoms with Crippen molar-refractivity contribution >= 4 is 27.3 Å². The number of hydrogen-bond donors (Lipinski definition) is 2. The van der Waals surface area contributed by atoms with Crippen LogP contribution in [0.4, 0.5) is 0 Å². The monoisotopic (exact) mass is 316 g/mol. The lowest BCUT2D eigenvalue weighted by atomic mass is 9.80. The molecular weight excluding hydrogens is 296 g/mol. The number of thiophene rings is 1. The van der Waals surface area contributed by atoms with Gasteiger partial charge in [0.15, 0.2) is 0 Å². The molecule has 1 aliphatic carbocycles. The van der Waals surface area contributed by atoms with Crippen LogP contribution >= 0.6 is 27.3 Å². The molecule has 0 bridgehead atoms. The topological polar surface area (TPSA) is 38.0 Å². The van der Waals surface area contributed by atoms with E-state index in [1.54, 1.807) is 0 Å². The highest BCUT2D eigenvalue weighted by Gasteiger charge is 2.27. The molecule has 0 atom stereocenters. The SMILES string of the molecule is CC(C)(CNCC1CC(N)C1)c1cc(Br)cs1. The van der Waals surface area contributed by atoms with Gasteiger partial charge in [-0.15, -0.1) is 11.3 Å². The van der Waals surface area contributed by atoms with Crippen LogP contribution in [0.25, 0.3) is 0 Å². The minimum atomic E-state index is 0.211. The summed E-state index contributed by atoms with van der Waals surface area (Å²) in [4.78, 5) is 1.43. The third-order valence-electron chi connectivity index (χ3n) is 3.51. The first kappa shape index (κ1) is 13.5. The van der Waals surface area contributed by atoms with Gasteiger partial charge < -0.3 is 11.1 Å². The van der Waals surface area contributed by atoms with Crippen molar-refractivity contribution in [2.45, 2.75) is 38.1 Å². The van der Waals surface area contributed by atoms with Gasteiger partial charge in [0.05, 0.1) is 0 Å². The van der Waals surface area contributed by atoms with E-state index in [4.69, 9.17) is 5.73 Å². The first-order chi connectivity index (χ1) is 7.97. The Morgan fingerprint density at radius 1 is 1.53 bits per heavy atom. The summed E-state index contributed by atoms with van der Waals surface area (Å²) in [6, 6.07) is 2.69. The van der Waals surface area contributed by atoms with Gasteiger partial charge in [-0.05, 0) is 47.3 Å². The van der Waals surface area contributed by atoms with Crippen molar-refractivity contribution in [3.05, 3.63) is 20.8 Å². The maximum Gasteiger partial charge on any atom is 0.0285 e. The first-order valence-electron chi connectivity index (χ1n) is 6.18. The molecule has 1 saturated carbocycles.